The molecule has 2 atom stereocenters. The van der Waals surface area contributed by atoms with Crippen molar-refractivity contribution < 1.29 is 31.1 Å². The van der Waals surface area contributed by atoms with E-state index >= 15 is 0 Å². The second-order valence-corrected chi connectivity index (χ2v) is 14.7. The number of carbonyl (C=O) groups excluding carboxylic acids is 1. The largest absolute Gasteiger partial charge is 0.511 e. The Morgan fingerprint density at radius 1 is 1.05 bits per heavy atom. The molecule has 9 nitrogen and oxygen atoms in total. The second-order valence-electron chi connectivity index (χ2n) is 11.0. The van der Waals surface area contributed by atoms with Crippen molar-refractivity contribution in [1.82, 2.24) is 4.90 Å². The lowest BCUT2D eigenvalue weighted by Gasteiger charge is -2.54. The van der Waals surface area contributed by atoms with Gasteiger partial charge in [-0.3, -0.25) is 4.79 Å². The van der Waals surface area contributed by atoms with Gasteiger partial charge in [-0.2, -0.15) is 8.42 Å². The number of aliphatic hydroxyl groups excluding tert-OH is 1. The molecule has 2 aromatic carbocycles. The maximum atomic E-state index is 14.0. The molecule has 206 valence electrons. The third-order valence-electron chi connectivity index (χ3n) is 8.30. The number of rotatable bonds is 5. The van der Waals surface area contributed by atoms with Crippen molar-refractivity contribution in [2.45, 2.75) is 48.9 Å². The molecule has 0 spiro atoms. The number of nitrogens with zero attached hydrogens (tertiary/aromatic N) is 2. The Hall–Kier alpha value is -3.25. The molecule has 0 aromatic heterocycles. The maximum Gasteiger partial charge on any atom is 0.286 e. The summed E-state index contributed by atoms with van der Waals surface area (Å²) in [4.78, 5) is 15.5. The molecular weight excluding hydrogens is 545 g/mol. The van der Waals surface area contributed by atoms with Crippen molar-refractivity contribution in [3.8, 4) is 0 Å². The molecule has 1 amide bonds. The zero-order valence-corrected chi connectivity index (χ0v) is 22.8. The molecule has 39 heavy (non-hydrogen) atoms. The number of amidine groups is 1. The van der Waals surface area contributed by atoms with Crippen LogP contribution in [0.4, 0.5) is 10.1 Å². The van der Waals surface area contributed by atoms with E-state index in [9.17, 15) is 31.1 Å². The molecule has 0 saturated heterocycles. The number of hydrogen-bond donors (Lipinski definition) is 2. The van der Waals surface area contributed by atoms with Crippen molar-refractivity contribution in [2.24, 2.45) is 22.2 Å². The van der Waals surface area contributed by atoms with Crippen molar-refractivity contribution in [2.75, 3.05) is 11.6 Å². The Balaban J connectivity index is 1.42. The van der Waals surface area contributed by atoms with Crippen LogP contribution in [-0.4, -0.2) is 50.9 Å². The zero-order chi connectivity index (χ0) is 27.7. The monoisotopic (exact) mass is 573 g/mol. The van der Waals surface area contributed by atoms with E-state index in [1.165, 1.54) is 30.3 Å². The first-order valence-electron chi connectivity index (χ1n) is 12.8. The number of nitrogens with one attached hydrogen (secondary N) is 1. The van der Waals surface area contributed by atoms with Crippen LogP contribution < -0.4 is 5.32 Å². The Morgan fingerprint density at radius 3 is 2.36 bits per heavy atom. The molecule has 12 heteroatoms. The summed E-state index contributed by atoms with van der Waals surface area (Å²) < 4.78 is 67.3. The van der Waals surface area contributed by atoms with Gasteiger partial charge in [0.2, 0.25) is 0 Å². The Labute approximate surface area is 226 Å². The predicted molar refractivity (Wildman–Crippen MR) is 143 cm³/mol. The molecule has 2 N–H and O–H groups in total. The van der Waals surface area contributed by atoms with Crippen molar-refractivity contribution in [3.05, 3.63) is 70.7 Å². The van der Waals surface area contributed by atoms with Gasteiger partial charge in [0, 0.05) is 24.8 Å². The van der Waals surface area contributed by atoms with Crippen LogP contribution in [0.3, 0.4) is 0 Å². The summed E-state index contributed by atoms with van der Waals surface area (Å²) in [7, 11) is -7.71. The minimum atomic E-state index is -4.31. The molecule has 7 rings (SSSR count). The molecule has 2 heterocycles. The van der Waals surface area contributed by atoms with Crippen LogP contribution in [0, 0.1) is 23.6 Å². The highest BCUT2D eigenvalue weighted by atomic mass is 32.2. The van der Waals surface area contributed by atoms with Gasteiger partial charge in [0.25, 0.3) is 15.9 Å². The van der Waals surface area contributed by atoms with Gasteiger partial charge in [0.05, 0.1) is 11.4 Å². The quantitative estimate of drug-likeness (QED) is 0.559. The first-order chi connectivity index (χ1) is 18.4. The van der Waals surface area contributed by atoms with Crippen LogP contribution >= 0.6 is 0 Å². The number of halogens is 1. The first kappa shape index (κ1) is 26.0. The van der Waals surface area contributed by atoms with E-state index in [0.29, 0.717) is 5.56 Å². The van der Waals surface area contributed by atoms with E-state index in [1.54, 1.807) is 17.0 Å². The van der Waals surface area contributed by atoms with Crippen LogP contribution in [-0.2, 0) is 37.0 Å². The average molecular weight is 574 g/mol. The van der Waals surface area contributed by atoms with Crippen LogP contribution in [0.2, 0.25) is 0 Å². The Morgan fingerprint density at radius 2 is 1.69 bits per heavy atom. The van der Waals surface area contributed by atoms with Gasteiger partial charge in [0.15, 0.2) is 15.7 Å². The Bertz CT molecular complexity index is 1640. The predicted octanol–water partition coefficient (Wildman–Crippen LogP) is 3.54. The summed E-state index contributed by atoms with van der Waals surface area (Å²) >= 11 is 0. The normalized spacial score (nSPS) is 27.5. The molecule has 2 aromatic rings. The molecule has 3 fully saturated rings. The van der Waals surface area contributed by atoms with Gasteiger partial charge in [-0.1, -0.05) is 18.2 Å². The van der Waals surface area contributed by atoms with Gasteiger partial charge in [-0.15, -0.1) is 4.40 Å². The van der Waals surface area contributed by atoms with E-state index in [0.717, 1.165) is 37.5 Å². The third kappa shape index (κ3) is 4.63. The SMILES string of the molecule is CS(=O)(=O)Cc1ccc2c(c1)S(=O)(=O)N=C(C1=C(O)C3C4CCC(CC4)C3N(Cc3ccc(F)cc3)C1=O)N2. The number of carbonyl (C=O) groups is 1. The fraction of sp³-hybridized carbons (Fsp3) is 0.407. The summed E-state index contributed by atoms with van der Waals surface area (Å²) in [5.41, 5.74) is 0.978. The third-order valence-corrected chi connectivity index (χ3v) is 10.5. The van der Waals surface area contributed by atoms with Crippen LogP contribution in [0.5, 0.6) is 0 Å². The standard InChI is InChI=1S/C27H28FN3O6S2/c1-38(34,35)14-16-4-11-20-21(12-16)39(36,37)30-26(29-20)23-25(32)22-17-5-7-18(8-6-17)24(22)31(27(23)33)13-15-2-9-19(28)10-3-15/h2-4,9-12,17-18,22,24,32H,5-8,13-14H2,1H3,(H,29,30). The molecule has 5 aliphatic rings. The van der Waals surface area contributed by atoms with E-state index in [1.807, 2.05) is 0 Å². The number of aliphatic hydroxyl groups is 1. The number of amides is 1. The van der Waals surface area contributed by atoms with E-state index in [-0.39, 0.29) is 69.7 Å². The van der Waals surface area contributed by atoms with Gasteiger partial charge in [0.1, 0.15) is 22.0 Å². The smallest absolute Gasteiger partial charge is 0.286 e. The highest BCUT2D eigenvalue weighted by molar-refractivity contribution is 7.90. The fourth-order valence-corrected chi connectivity index (χ4v) is 8.65. The molecule has 3 aliphatic carbocycles. The molecule has 2 unspecified atom stereocenters. The van der Waals surface area contributed by atoms with E-state index in [2.05, 4.69) is 9.71 Å². The van der Waals surface area contributed by atoms with Crippen molar-refractivity contribution in [1.29, 1.82) is 0 Å². The van der Waals surface area contributed by atoms with Crippen LogP contribution in [0.1, 0.15) is 36.8 Å². The summed E-state index contributed by atoms with van der Waals surface area (Å²) in [5, 5.41) is 14.4. The number of sulfone groups is 1. The lowest BCUT2D eigenvalue weighted by Crippen LogP contribution is -2.60. The highest BCUT2D eigenvalue weighted by Crippen LogP contribution is 2.52. The zero-order valence-electron chi connectivity index (χ0n) is 21.2. The maximum absolute atomic E-state index is 14.0. The lowest BCUT2D eigenvalue weighted by atomic mass is 9.59. The Kier molecular flexibility index (Phi) is 6.10. The van der Waals surface area contributed by atoms with Crippen LogP contribution in [0.25, 0.3) is 0 Å². The number of benzene rings is 2. The second kappa shape index (κ2) is 9.16. The summed E-state index contributed by atoms with van der Waals surface area (Å²) in [6.45, 7) is 0.186. The van der Waals surface area contributed by atoms with Crippen molar-refractivity contribution in [3.63, 3.8) is 0 Å². The number of hydrogen-bond acceptors (Lipinski definition) is 7. The average Bonchev–Trinajstić information content (AvgIpc) is 2.87. The number of fused-ring (bicyclic) bond motifs is 3. The van der Waals surface area contributed by atoms with Gasteiger partial charge >= 0.3 is 0 Å². The number of sulfonamides is 1. The first-order valence-corrected chi connectivity index (χ1v) is 16.3. The highest BCUT2D eigenvalue weighted by Gasteiger charge is 2.54. The van der Waals surface area contributed by atoms with Crippen LogP contribution in [0.15, 0.2) is 63.1 Å². The minimum absolute atomic E-state index is 0.141. The van der Waals surface area contributed by atoms with Gasteiger partial charge in [-0.05, 0) is 72.9 Å². The molecule has 2 aliphatic heterocycles. The summed E-state index contributed by atoms with van der Waals surface area (Å²) in [6.07, 6.45) is 4.76. The molecule has 0 radical (unpaired) electrons. The molecule has 2 bridgehead atoms. The minimum Gasteiger partial charge on any atom is -0.511 e. The molecule has 3 saturated carbocycles. The molecular formula is C27H28FN3O6S2. The summed E-state index contributed by atoms with van der Waals surface area (Å²) in [5.74, 6) is -1.67. The lowest BCUT2D eigenvalue weighted by molar-refractivity contribution is -0.140. The van der Waals surface area contributed by atoms with Gasteiger partial charge in [-0.25, -0.2) is 12.8 Å². The fourth-order valence-electron chi connectivity index (χ4n) is 6.70. The number of anilines is 1. The summed E-state index contributed by atoms with van der Waals surface area (Å²) in [6, 6.07) is 9.84. The van der Waals surface area contributed by atoms with Crippen molar-refractivity contribution >= 4 is 37.3 Å². The topological polar surface area (TPSA) is 133 Å². The van der Waals surface area contributed by atoms with E-state index < -0.39 is 25.8 Å². The van der Waals surface area contributed by atoms with E-state index in [4.69, 9.17) is 0 Å². The van der Waals surface area contributed by atoms with Gasteiger partial charge < -0.3 is 15.3 Å².